The molecule has 0 unspecified atom stereocenters. The van der Waals surface area contributed by atoms with Crippen molar-refractivity contribution in [1.82, 2.24) is 0 Å². The lowest BCUT2D eigenvalue weighted by Crippen LogP contribution is -2.16. The van der Waals surface area contributed by atoms with Crippen LogP contribution in [0.2, 0.25) is 0 Å². The Morgan fingerprint density at radius 3 is 2.68 bits per heavy atom. The predicted octanol–water partition coefficient (Wildman–Crippen LogP) is 4.56. The van der Waals surface area contributed by atoms with E-state index in [1.807, 2.05) is 31.2 Å². The molecule has 1 heterocycles. The maximum Gasteiger partial charge on any atom is 0.252 e. The van der Waals surface area contributed by atoms with Crippen LogP contribution in [-0.4, -0.2) is 11.0 Å². The highest BCUT2D eigenvalue weighted by atomic mass is 16.5. The first kappa shape index (κ1) is 17.1. The van der Waals surface area contributed by atoms with E-state index in [2.05, 4.69) is 13.5 Å². The Kier molecular flexibility index (Phi) is 4.53. The van der Waals surface area contributed by atoms with Crippen LogP contribution in [0.5, 0.6) is 11.5 Å². The fraction of sp³-hybridized carbons (Fsp3) is 0.286. The van der Waals surface area contributed by atoms with Gasteiger partial charge in [-0.1, -0.05) is 50.1 Å². The minimum absolute atomic E-state index is 0.101. The highest BCUT2D eigenvalue weighted by Gasteiger charge is 2.28. The van der Waals surface area contributed by atoms with Crippen LogP contribution in [0.3, 0.4) is 0 Å². The van der Waals surface area contributed by atoms with E-state index in [4.69, 9.17) is 10.5 Å². The number of amides is 1. The average molecular weight is 337 g/mol. The molecule has 2 aromatic carbocycles. The van der Waals surface area contributed by atoms with E-state index in [9.17, 15) is 9.90 Å². The zero-order valence-electron chi connectivity index (χ0n) is 14.7. The van der Waals surface area contributed by atoms with Crippen molar-refractivity contribution in [3.05, 3.63) is 53.1 Å². The standard InChI is InChI=1S/C21H23NO3/c1-4-5-6-7-14-11-17-19(20(23)18(14)21(22)24)16-10-12(2)8-9-15(16)13(3)25-17/h8-11,23H,3-7H2,1-2H3,(H2,22,24). The van der Waals surface area contributed by atoms with Crippen LogP contribution in [0.4, 0.5) is 0 Å². The van der Waals surface area contributed by atoms with E-state index in [1.165, 1.54) is 0 Å². The minimum atomic E-state index is -0.620. The average Bonchev–Trinajstić information content (AvgIpc) is 2.54. The monoisotopic (exact) mass is 337 g/mol. The largest absolute Gasteiger partial charge is 0.506 e. The maximum atomic E-state index is 12.0. The Labute approximate surface area is 147 Å². The minimum Gasteiger partial charge on any atom is -0.506 e. The molecule has 0 saturated carbocycles. The lowest BCUT2D eigenvalue weighted by Gasteiger charge is -2.25. The number of carbonyl (C=O) groups excluding carboxylic acids is 1. The number of aryl methyl sites for hydroxylation is 2. The van der Waals surface area contributed by atoms with Gasteiger partial charge in [0.1, 0.15) is 17.3 Å². The summed E-state index contributed by atoms with van der Waals surface area (Å²) in [5.74, 6) is 0.339. The second kappa shape index (κ2) is 6.63. The van der Waals surface area contributed by atoms with Gasteiger partial charge >= 0.3 is 0 Å². The highest BCUT2D eigenvalue weighted by molar-refractivity contribution is 6.02. The Hall–Kier alpha value is -2.75. The van der Waals surface area contributed by atoms with Gasteiger partial charge in [0.25, 0.3) is 5.91 Å². The van der Waals surface area contributed by atoms with Gasteiger partial charge in [-0.05, 0) is 31.4 Å². The van der Waals surface area contributed by atoms with E-state index in [0.717, 1.165) is 41.5 Å². The summed E-state index contributed by atoms with van der Waals surface area (Å²) < 4.78 is 5.85. The van der Waals surface area contributed by atoms with Gasteiger partial charge in [-0.15, -0.1) is 0 Å². The molecule has 0 atom stereocenters. The van der Waals surface area contributed by atoms with Crippen molar-refractivity contribution >= 4 is 11.7 Å². The third-order valence-electron chi connectivity index (χ3n) is 4.62. The maximum absolute atomic E-state index is 12.0. The van der Waals surface area contributed by atoms with Crippen LogP contribution in [0.25, 0.3) is 16.9 Å². The summed E-state index contributed by atoms with van der Waals surface area (Å²) in [5.41, 5.74) is 9.67. The number of aromatic hydroxyl groups is 1. The molecule has 0 radical (unpaired) electrons. The van der Waals surface area contributed by atoms with Gasteiger partial charge in [0, 0.05) is 11.1 Å². The Morgan fingerprint density at radius 2 is 2.00 bits per heavy atom. The molecule has 0 aromatic heterocycles. The zero-order valence-corrected chi connectivity index (χ0v) is 14.7. The fourth-order valence-corrected chi connectivity index (χ4v) is 3.37. The van der Waals surface area contributed by atoms with Gasteiger partial charge in [0.15, 0.2) is 0 Å². The van der Waals surface area contributed by atoms with Crippen LogP contribution in [0, 0.1) is 6.92 Å². The van der Waals surface area contributed by atoms with E-state index in [0.29, 0.717) is 23.5 Å². The number of rotatable bonds is 5. The number of primary amides is 1. The molecule has 1 amide bonds. The van der Waals surface area contributed by atoms with Gasteiger partial charge in [-0.25, -0.2) is 0 Å². The third kappa shape index (κ3) is 3.00. The van der Waals surface area contributed by atoms with Gasteiger partial charge in [0.05, 0.1) is 11.1 Å². The molecule has 4 nitrogen and oxygen atoms in total. The second-order valence-corrected chi connectivity index (χ2v) is 6.53. The molecule has 0 spiro atoms. The summed E-state index contributed by atoms with van der Waals surface area (Å²) in [6.07, 6.45) is 3.71. The first-order chi connectivity index (χ1) is 11.9. The molecule has 0 fully saturated rings. The van der Waals surface area contributed by atoms with Crippen molar-refractivity contribution in [1.29, 1.82) is 0 Å². The number of carbonyl (C=O) groups is 1. The molecule has 3 rings (SSSR count). The number of fused-ring (bicyclic) bond motifs is 3. The van der Waals surface area contributed by atoms with Crippen molar-refractivity contribution < 1.29 is 14.6 Å². The number of phenols is 1. The van der Waals surface area contributed by atoms with Crippen molar-refractivity contribution in [2.45, 2.75) is 39.5 Å². The molecule has 0 saturated heterocycles. The van der Waals surface area contributed by atoms with Crippen LogP contribution >= 0.6 is 0 Å². The molecule has 1 aliphatic heterocycles. The van der Waals surface area contributed by atoms with E-state index in [1.54, 1.807) is 0 Å². The fourth-order valence-electron chi connectivity index (χ4n) is 3.37. The van der Waals surface area contributed by atoms with Crippen LogP contribution in [0.1, 0.15) is 53.2 Å². The Bertz CT molecular complexity index is 868. The van der Waals surface area contributed by atoms with Crippen LogP contribution in [-0.2, 0) is 6.42 Å². The molecule has 1 aliphatic rings. The first-order valence-corrected chi connectivity index (χ1v) is 8.60. The van der Waals surface area contributed by atoms with E-state index >= 15 is 0 Å². The smallest absolute Gasteiger partial charge is 0.252 e. The second-order valence-electron chi connectivity index (χ2n) is 6.53. The Morgan fingerprint density at radius 1 is 1.24 bits per heavy atom. The molecule has 3 N–H and O–H groups in total. The van der Waals surface area contributed by atoms with Crippen molar-refractivity contribution in [3.8, 4) is 22.6 Å². The molecule has 0 bridgehead atoms. The van der Waals surface area contributed by atoms with Crippen LogP contribution < -0.4 is 10.5 Å². The number of benzene rings is 2. The molecule has 130 valence electrons. The zero-order chi connectivity index (χ0) is 18.1. The summed E-state index contributed by atoms with van der Waals surface area (Å²) in [6, 6.07) is 7.66. The normalized spacial score (nSPS) is 12.3. The summed E-state index contributed by atoms with van der Waals surface area (Å²) in [4.78, 5) is 12.0. The van der Waals surface area contributed by atoms with Crippen LogP contribution in [0.15, 0.2) is 30.8 Å². The van der Waals surface area contributed by atoms with E-state index < -0.39 is 5.91 Å². The number of hydrogen-bond acceptors (Lipinski definition) is 3. The van der Waals surface area contributed by atoms with Crippen molar-refractivity contribution in [2.24, 2.45) is 5.73 Å². The lowest BCUT2D eigenvalue weighted by molar-refractivity contribution is 0.0997. The molecule has 2 aromatic rings. The highest BCUT2D eigenvalue weighted by Crippen LogP contribution is 2.49. The Balaban J connectivity index is 2.22. The van der Waals surface area contributed by atoms with Crippen molar-refractivity contribution in [2.75, 3.05) is 0 Å². The summed E-state index contributed by atoms with van der Waals surface area (Å²) in [6.45, 7) is 8.07. The van der Waals surface area contributed by atoms with Crippen molar-refractivity contribution in [3.63, 3.8) is 0 Å². The van der Waals surface area contributed by atoms with Gasteiger partial charge in [0.2, 0.25) is 0 Å². The predicted molar refractivity (Wildman–Crippen MR) is 99.7 cm³/mol. The summed E-state index contributed by atoms with van der Waals surface area (Å²) in [7, 11) is 0. The number of hydrogen-bond donors (Lipinski definition) is 2. The summed E-state index contributed by atoms with van der Waals surface area (Å²) >= 11 is 0. The molecular formula is C21H23NO3. The quantitative estimate of drug-likeness (QED) is 0.785. The SMILES string of the molecule is C=C1Oc2cc(CCCCC)c(C(N)=O)c(O)c2-c2cc(C)ccc21. The topological polar surface area (TPSA) is 72.5 Å². The van der Waals surface area contributed by atoms with E-state index in [-0.39, 0.29) is 11.3 Å². The number of unbranched alkanes of at least 4 members (excludes halogenated alkanes) is 2. The third-order valence-corrected chi connectivity index (χ3v) is 4.62. The number of ether oxygens (including phenoxy) is 1. The summed E-state index contributed by atoms with van der Waals surface area (Å²) in [5, 5.41) is 10.9. The molecule has 25 heavy (non-hydrogen) atoms. The first-order valence-electron chi connectivity index (χ1n) is 8.60. The van der Waals surface area contributed by atoms with Gasteiger partial charge in [-0.2, -0.15) is 0 Å². The molecule has 4 heteroatoms. The number of nitrogens with two attached hydrogens (primary N) is 1. The lowest BCUT2D eigenvalue weighted by atomic mass is 9.88. The molecular weight excluding hydrogens is 314 g/mol. The van der Waals surface area contributed by atoms with Gasteiger partial charge < -0.3 is 15.6 Å². The van der Waals surface area contributed by atoms with Gasteiger partial charge in [-0.3, -0.25) is 4.79 Å². The molecule has 0 aliphatic carbocycles.